The van der Waals surface area contributed by atoms with E-state index in [0.29, 0.717) is 51.4 Å². The van der Waals surface area contributed by atoms with Crippen molar-refractivity contribution in [1.29, 1.82) is 0 Å². The first-order valence-electron chi connectivity index (χ1n) is 34.6. The number of rotatable bonds is 16. The fraction of sp³-hybridized carbons (Fsp3) is 0.955. The van der Waals surface area contributed by atoms with Crippen LogP contribution in [0.25, 0.3) is 0 Å². The summed E-state index contributed by atoms with van der Waals surface area (Å²) in [6.45, 7) is 15.3. The number of hydrogen-bond donors (Lipinski definition) is 18. The van der Waals surface area contributed by atoms with Crippen LogP contribution in [-0.4, -0.2) is 315 Å². The van der Waals surface area contributed by atoms with Crippen molar-refractivity contribution in [3.05, 3.63) is 11.6 Å². The van der Waals surface area contributed by atoms with Crippen molar-refractivity contribution in [1.82, 2.24) is 0 Å². The molecule has 0 spiro atoms. The molecule has 18 N–H and O–H groups in total. The Balaban J connectivity index is 0.844. The summed E-state index contributed by atoms with van der Waals surface area (Å²) < 4.78 is 73.5. The SMILES string of the molecule is C[C@@H]1O[C@@H](O[C@H]2[C@H](O[C@H]3[C@H](O[C@H]4CC[C@]5(C)[C@H]6CC=C7[C@@H]8CC(C)(C)CC[C@]8(C(=O)O[C@@H]8O[C@H](CO)[C@@H](O[C@@H]9O[C@H](CO)[C@@H](O)[C@H](O)[C@H]9O)[C@H](O)[C@H]8O[C@@H]8O[C@H](CO)[C@@H](O)[C@H](O)[C@H]8O)CC[C@@]7(C)[C@]6(C)CC[C@H]5C4(C)C)O[C@H](C)[C@H](O)[C@@H]3O)O[C@H](CO)[C@@H](O)[C@@H]2O)[C@H](O)[C@H](O)[C@H]1O. The number of carbonyl (C=O) groups is 1. The number of aliphatic hydroxyl groups is 18. The van der Waals surface area contributed by atoms with Gasteiger partial charge in [0, 0.05) is 0 Å². The Labute approximate surface area is 563 Å². The predicted molar refractivity (Wildman–Crippen MR) is 325 cm³/mol. The molecule has 4 saturated carbocycles. The van der Waals surface area contributed by atoms with E-state index in [1.54, 1.807) is 6.92 Å². The van der Waals surface area contributed by atoms with Gasteiger partial charge in [0.15, 0.2) is 37.6 Å². The lowest BCUT2D eigenvalue weighted by molar-refractivity contribution is -0.396. The molecule has 0 aromatic carbocycles. The van der Waals surface area contributed by atoms with E-state index in [9.17, 15) is 91.9 Å². The van der Waals surface area contributed by atoms with Gasteiger partial charge in [0.05, 0.1) is 50.2 Å². The van der Waals surface area contributed by atoms with Crippen molar-refractivity contribution in [3.63, 3.8) is 0 Å². The summed E-state index contributed by atoms with van der Waals surface area (Å²) >= 11 is 0. The number of fused-ring (bicyclic) bond motifs is 7. The summed E-state index contributed by atoms with van der Waals surface area (Å²) in [6.07, 6.45) is -43.3. The summed E-state index contributed by atoms with van der Waals surface area (Å²) in [5.74, 6) is -0.949. The van der Waals surface area contributed by atoms with E-state index in [4.69, 9.17) is 56.8 Å². The molecule has 6 aliphatic heterocycles. The smallest absolute Gasteiger partial charge is 0.315 e. The zero-order chi connectivity index (χ0) is 70.9. The van der Waals surface area contributed by atoms with E-state index in [1.807, 2.05) is 0 Å². The van der Waals surface area contributed by atoms with E-state index < -0.39 is 239 Å². The molecule has 11 aliphatic rings. The van der Waals surface area contributed by atoms with Gasteiger partial charge in [-0.1, -0.05) is 60.1 Å². The first-order valence-corrected chi connectivity index (χ1v) is 34.6. The van der Waals surface area contributed by atoms with Crippen LogP contribution in [0.4, 0.5) is 0 Å². The molecule has 0 radical (unpaired) electrons. The second-order valence-corrected chi connectivity index (χ2v) is 31.9. The Kier molecular flexibility index (Phi) is 22.4. The van der Waals surface area contributed by atoms with Gasteiger partial charge in [0.1, 0.15) is 128 Å². The minimum atomic E-state index is -2.04. The van der Waals surface area contributed by atoms with E-state index in [-0.39, 0.29) is 34.0 Å². The molecule has 97 heavy (non-hydrogen) atoms. The molecule has 11 rings (SSSR count). The van der Waals surface area contributed by atoms with Crippen LogP contribution in [0.5, 0.6) is 0 Å². The van der Waals surface area contributed by atoms with Crippen LogP contribution in [-0.2, 0) is 61.6 Å². The molecular formula is C66H108O31. The molecule has 5 aliphatic carbocycles. The zero-order valence-corrected chi connectivity index (χ0v) is 56.5. The highest BCUT2D eigenvalue weighted by atomic mass is 16.8. The van der Waals surface area contributed by atoms with Crippen LogP contribution < -0.4 is 0 Å². The average Bonchev–Trinajstić information content (AvgIpc) is 0.675. The molecule has 31 heteroatoms. The predicted octanol–water partition coefficient (Wildman–Crippen LogP) is -4.33. The second kappa shape index (κ2) is 28.5. The first kappa shape index (κ1) is 76.2. The Morgan fingerprint density at radius 3 is 1.42 bits per heavy atom. The van der Waals surface area contributed by atoms with Crippen molar-refractivity contribution in [2.45, 2.75) is 317 Å². The van der Waals surface area contributed by atoms with Gasteiger partial charge in [-0.25, -0.2) is 0 Å². The standard InChI is InChI=1S/C66H108O31/c1-25-36(71)41(76)46(81)54(86-25)94-52-45(80)40(75)31(23-69)90-58(52)96-51-44(79)37(72)26(2)87-57(51)92-35-13-14-63(7)33(62(35,5)6)12-15-65(9)34(63)11-10-27-28-20-61(3,4)16-18-66(28,19-17-64(27,65)8)60(85)97-59-53(95-56-48(83)43(78)39(74)30(22-68)89-56)49(84)50(32(24-70)91-59)93-55-47(82)42(77)38(73)29(21-67)88-55/h10,25-26,28-59,67-84H,11-24H2,1-9H3/t25-,26+,28-,29+,30+,31+,32+,33-,34+,35-,36-,37-,38+,39+,40+,41+,42-,43-,44-,45-,46+,47+,48+,49-,50+,51+,52+,53+,54-,55-,56-,57-,58-,59-,63-,64+,65+,66-/m0/s1. The van der Waals surface area contributed by atoms with Crippen LogP contribution in [0.1, 0.15) is 127 Å². The van der Waals surface area contributed by atoms with Gasteiger partial charge < -0.3 is 149 Å². The van der Waals surface area contributed by atoms with Gasteiger partial charge >= 0.3 is 5.97 Å². The Hall–Kier alpha value is -1.95. The van der Waals surface area contributed by atoms with E-state index in [1.165, 1.54) is 6.92 Å². The fourth-order valence-corrected chi connectivity index (χ4v) is 19.3. The van der Waals surface area contributed by atoms with Crippen molar-refractivity contribution >= 4 is 5.97 Å². The number of esters is 1. The Morgan fingerprint density at radius 2 is 0.866 bits per heavy atom. The maximum Gasteiger partial charge on any atom is 0.315 e. The topological polar surface area (TPSA) is 492 Å². The van der Waals surface area contributed by atoms with E-state index in [2.05, 4.69) is 54.5 Å². The maximum atomic E-state index is 15.8. The number of allylic oxidation sites excluding steroid dienone is 2. The Bertz CT molecular complexity index is 2730. The molecule has 0 unspecified atom stereocenters. The molecular weight excluding hydrogens is 1290 g/mol. The molecule has 558 valence electrons. The third-order valence-corrected chi connectivity index (χ3v) is 25.6. The van der Waals surface area contributed by atoms with Crippen LogP contribution >= 0.6 is 0 Å². The molecule has 0 amide bonds. The molecule has 0 aromatic heterocycles. The lowest BCUT2D eigenvalue weighted by Crippen LogP contribution is -2.68. The minimum absolute atomic E-state index is 0.0334. The largest absolute Gasteiger partial charge is 0.432 e. The van der Waals surface area contributed by atoms with Gasteiger partial charge in [-0.15, -0.1) is 0 Å². The Morgan fingerprint density at radius 1 is 0.433 bits per heavy atom. The first-order chi connectivity index (χ1) is 45.5. The summed E-state index contributed by atoms with van der Waals surface area (Å²) in [5, 5.41) is 196. The minimum Gasteiger partial charge on any atom is -0.432 e. The summed E-state index contributed by atoms with van der Waals surface area (Å²) in [4.78, 5) is 15.8. The van der Waals surface area contributed by atoms with Gasteiger partial charge in [0.2, 0.25) is 6.29 Å². The van der Waals surface area contributed by atoms with Crippen molar-refractivity contribution in [2.24, 2.45) is 50.2 Å². The molecule has 0 aromatic rings. The number of ether oxygens (including phenoxy) is 12. The van der Waals surface area contributed by atoms with Crippen LogP contribution in [0.2, 0.25) is 0 Å². The van der Waals surface area contributed by atoms with Gasteiger partial charge in [-0.2, -0.15) is 0 Å². The van der Waals surface area contributed by atoms with Crippen LogP contribution in [0.15, 0.2) is 11.6 Å². The molecule has 6 saturated heterocycles. The number of carbonyl (C=O) groups excluding carboxylic acids is 1. The van der Waals surface area contributed by atoms with E-state index in [0.717, 1.165) is 18.4 Å². The highest BCUT2D eigenvalue weighted by Gasteiger charge is 2.71. The lowest BCUT2D eigenvalue weighted by Gasteiger charge is -2.71. The van der Waals surface area contributed by atoms with Gasteiger partial charge in [-0.05, 0) is 123 Å². The monoisotopic (exact) mass is 1400 g/mol. The molecule has 0 bridgehead atoms. The fourth-order valence-electron chi connectivity index (χ4n) is 19.3. The lowest BCUT2D eigenvalue weighted by atomic mass is 9.33. The molecule has 10 fully saturated rings. The second-order valence-electron chi connectivity index (χ2n) is 31.9. The quantitative estimate of drug-likeness (QED) is 0.0395. The number of aliphatic hydroxyl groups excluding tert-OH is 18. The summed E-state index contributed by atoms with van der Waals surface area (Å²) in [6, 6.07) is 0. The third-order valence-electron chi connectivity index (χ3n) is 25.6. The molecule has 6 heterocycles. The summed E-state index contributed by atoms with van der Waals surface area (Å²) in [5.41, 5.74) is -2.03. The normalized spacial score (nSPS) is 54.5. The molecule has 38 atom stereocenters. The average molecular weight is 1400 g/mol. The molecule has 31 nitrogen and oxygen atoms in total. The zero-order valence-electron chi connectivity index (χ0n) is 56.5. The van der Waals surface area contributed by atoms with Crippen LogP contribution in [0.3, 0.4) is 0 Å². The van der Waals surface area contributed by atoms with Crippen molar-refractivity contribution < 1.29 is 154 Å². The van der Waals surface area contributed by atoms with Crippen LogP contribution in [0, 0.1) is 50.2 Å². The maximum absolute atomic E-state index is 15.8. The van der Waals surface area contributed by atoms with Crippen molar-refractivity contribution in [2.75, 3.05) is 26.4 Å². The van der Waals surface area contributed by atoms with E-state index >= 15 is 4.79 Å². The third kappa shape index (κ3) is 13.1. The summed E-state index contributed by atoms with van der Waals surface area (Å²) in [7, 11) is 0. The van der Waals surface area contributed by atoms with Crippen molar-refractivity contribution in [3.8, 4) is 0 Å². The number of hydrogen-bond acceptors (Lipinski definition) is 31. The highest BCUT2D eigenvalue weighted by Crippen LogP contribution is 2.76. The highest BCUT2D eigenvalue weighted by molar-refractivity contribution is 5.79. The van der Waals surface area contributed by atoms with Gasteiger partial charge in [-0.3, -0.25) is 4.79 Å². The van der Waals surface area contributed by atoms with Gasteiger partial charge in [0.25, 0.3) is 0 Å².